The number of carbonyl (C=O) groups is 2. The smallest absolute Gasteiger partial charge is 0.326 e. The van der Waals surface area contributed by atoms with Gasteiger partial charge in [0.05, 0.1) is 19.3 Å². The highest BCUT2D eigenvalue weighted by atomic mass is 16.5. The minimum absolute atomic E-state index is 0.0589. The van der Waals surface area contributed by atoms with Crippen molar-refractivity contribution in [2.24, 2.45) is 0 Å². The molecule has 1 saturated heterocycles. The van der Waals surface area contributed by atoms with E-state index >= 15 is 0 Å². The minimum Gasteiger partial charge on any atom is -0.480 e. The maximum Gasteiger partial charge on any atom is 0.326 e. The van der Waals surface area contributed by atoms with Crippen LogP contribution in [0.3, 0.4) is 0 Å². The molecule has 6 heteroatoms. The number of fused-ring (bicyclic) bond motifs is 1. The summed E-state index contributed by atoms with van der Waals surface area (Å²) in [6.45, 7) is 1.08. The summed E-state index contributed by atoms with van der Waals surface area (Å²) in [5.41, 5.74) is 2.45. The first-order valence-electron chi connectivity index (χ1n) is 6.47. The Labute approximate surface area is 115 Å². The third-order valence-corrected chi connectivity index (χ3v) is 3.79. The molecule has 1 aromatic carbocycles. The number of rotatable bonds is 2. The normalized spacial score (nSPS) is 24.8. The third kappa shape index (κ3) is 2.17. The van der Waals surface area contributed by atoms with Crippen LogP contribution in [0.5, 0.6) is 0 Å². The van der Waals surface area contributed by atoms with Crippen molar-refractivity contribution in [2.45, 2.75) is 31.8 Å². The molecular formula is C14H15NO5. The molecule has 2 N–H and O–H groups in total. The summed E-state index contributed by atoms with van der Waals surface area (Å²) in [5.74, 6) is -1.44. The van der Waals surface area contributed by atoms with Gasteiger partial charge in [-0.1, -0.05) is 6.07 Å². The fourth-order valence-corrected chi connectivity index (χ4v) is 2.74. The molecule has 1 amide bonds. The Hall–Kier alpha value is -1.92. The van der Waals surface area contributed by atoms with Crippen molar-refractivity contribution in [3.8, 4) is 0 Å². The van der Waals surface area contributed by atoms with Crippen LogP contribution in [0.4, 0.5) is 0 Å². The minimum atomic E-state index is -1.08. The lowest BCUT2D eigenvalue weighted by molar-refractivity contribution is -0.141. The van der Waals surface area contributed by atoms with Crippen LogP contribution in [0.25, 0.3) is 0 Å². The van der Waals surface area contributed by atoms with Crippen LogP contribution in [0.2, 0.25) is 0 Å². The largest absolute Gasteiger partial charge is 0.480 e. The standard InChI is InChI=1S/C14H15NO5/c16-11-4-12(14(18)19)15(5-11)13(17)8-1-2-9-6-20-7-10(9)3-8/h1-3,11-12,16H,4-7H2,(H,18,19)/t11-,12+/m1/s1. The lowest BCUT2D eigenvalue weighted by Crippen LogP contribution is -2.40. The number of ether oxygens (including phenoxy) is 1. The first-order chi connectivity index (χ1) is 9.56. The van der Waals surface area contributed by atoms with E-state index in [1.54, 1.807) is 12.1 Å². The van der Waals surface area contributed by atoms with Gasteiger partial charge >= 0.3 is 5.97 Å². The second kappa shape index (κ2) is 4.88. The van der Waals surface area contributed by atoms with Crippen LogP contribution in [0.1, 0.15) is 27.9 Å². The summed E-state index contributed by atoms with van der Waals surface area (Å²) in [6, 6.07) is 4.30. The van der Waals surface area contributed by atoms with Gasteiger partial charge in [-0.3, -0.25) is 4.79 Å². The average Bonchev–Trinajstić information content (AvgIpc) is 3.02. The molecule has 6 nitrogen and oxygen atoms in total. The van der Waals surface area contributed by atoms with Crippen LogP contribution in [0, 0.1) is 0 Å². The van der Waals surface area contributed by atoms with Crippen LogP contribution in [0.15, 0.2) is 18.2 Å². The number of carboxylic acids is 1. The summed E-state index contributed by atoms with van der Waals surface area (Å²) in [6.07, 6.45) is -0.701. The molecule has 0 radical (unpaired) electrons. The van der Waals surface area contributed by atoms with Gasteiger partial charge in [0.1, 0.15) is 6.04 Å². The zero-order valence-electron chi connectivity index (χ0n) is 10.8. The average molecular weight is 277 g/mol. The number of hydrogen-bond donors (Lipinski definition) is 2. The Bertz CT molecular complexity index is 571. The highest BCUT2D eigenvalue weighted by molar-refractivity contribution is 5.97. The van der Waals surface area contributed by atoms with Crippen molar-refractivity contribution < 1.29 is 24.5 Å². The molecule has 3 rings (SSSR count). The zero-order chi connectivity index (χ0) is 14.3. The van der Waals surface area contributed by atoms with Gasteiger partial charge in [0.2, 0.25) is 0 Å². The van der Waals surface area contributed by atoms with Crippen LogP contribution < -0.4 is 0 Å². The van der Waals surface area contributed by atoms with Crippen molar-refractivity contribution in [1.29, 1.82) is 0 Å². The monoisotopic (exact) mass is 277 g/mol. The van der Waals surface area contributed by atoms with E-state index < -0.39 is 18.1 Å². The Balaban J connectivity index is 1.86. The number of aliphatic hydroxyl groups is 1. The van der Waals surface area contributed by atoms with Crippen molar-refractivity contribution in [1.82, 2.24) is 4.90 Å². The molecule has 2 atom stereocenters. The molecule has 106 valence electrons. The summed E-state index contributed by atoms with van der Waals surface area (Å²) < 4.78 is 5.29. The molecule has 0 aromatic heterocycles. The Morgan fingerprint density at radius 3 is 2.75 bits per heavy atom. The van der Waals surface area contributed by atoms with E-state index in [4.69, 9.17) is 9.84 Å². The van der Waals surface area contributed by atoms with E-state index in [2.05, 4.69) is 0 Å². The molecule has 0 aliphatic carbocycles. The van der Waals surface area contributed by atoms with E-state index in [9.17, 15) is 14.7 Å². The van der Waals surface area contributed by atoms with Crippen molar-refractivity contribution in [3.05, 3.63) is 34.9 Å². The third-order valence-electron chi connectivity index (χ3n) is 3.79. The van der Waals surface area contributed by atoms with E-state index in [-0.39, 0.29) is 18.9 Å². The predicted molar refractivity (Wildman–Crippen MR) is 68.0 cm³/mol. The SMILES string of the molecule is O=C(O)[C@@H]1C[C@@H](O)CN1C(=O)c1ccc2c(c1)COC2. The van der Waals surface area contributed by atoms with Gasteiger partial charge in [0.25, 0.3) is 5.91 Å². The van der Waals surface area contributed by atoms with Gasteiger partial charge in [0, 0.05) is 18.5 Å². The predicted octanol–water partition coefficient (Wildman–Crippen LogP) is 0.377. The van der Waals surface area contributed by atoms with E-state index in [1.165, 1.54) is 4.90 Å². The molecule has 0 saturated carbocycles. The van der Waals surface area contributed by atoms with Crippen LogP contribution in [-0.4, -0.2) is 45.7 Å². The summed E-state index contributed by atoms with van der Waals surface area (Å²) in [5, 5.41) is 18.7. The summed E-state index contributed by atoms with van der Waals surface area (Å²) in [4.78, 5) is 24.8. The Kier molecular flexibility index (Phi) is 3.19. The van der Waals surface area contributed by atoms with Crippen LogP contribution in [-0.2, 0) is 22.7 Å². The van der Waals surface area contributed by atoms with Crippen molar-refractivity contribution in [3.63, 3.8) is 0 Å². The number of nitrogens with zero attached hydrogens (tertiary/aromatic N) is 1. The summed E-state index contributed by atoms with van der Waals surface area (Å²) >= 11 is 0. The molecule has 0 unspecified atom stereocenters. The molecule has 2 aliphatic heterocycles. The maximum atomic E-state index is 12.4. The van der Waals surface area contributed by atoms with Gasteiger partial charge in [-0.25, -0.2) is 4.79 Å². The molecule has 0 bridgehead atoms. The second-order valence-electron chi connectivity index (χ2n) is 5.18. The van der Waals surface area contributed by atoms with Gasteiger partial charge in [-0.15, -0.1) is 0 Å². The number of amides is 1. The van der Waals surface area contributed by atoms with Gasteiger partial charge < -0.3 is 19.8 Å². The number of benzene rings is 1. The highest BCUT2D eigenvalue weighted by Gasteiger charge is 2.39. The van der Waals surface area contributed by atoms with E-state index in [0.717, 1.165) is 11.1 Å². The number of carboxylic acid groups (broad SMARTS) is 1. The molecular weight excluding hydrogens is 262 g/mol. The van der Waals surface area contributed by atoms with E-state index in [0.29, 0.717) is 18.8 Å². The van der Waals surface area contributed by atoms with Gasteiger partial charge in [-0.05, 0) is 23.3 Å². The number of likely N-dealkylation sites (tertiary alicyclic amines) is 1. The number of aliphatic hydroxyl groups excluding tert-OH is 1. The number of aliphatic carboxylic acids is 1. The number of β-amino-alcohol motifs (C(OH)–C–C–N with tert-alkyl or cyclic N) is 1. The summed E-state index contributed by atoms with van der Waals surface area (Å²) in [7, 11) is 0. The first kappa shape index (κ1) is 13.1. The molecule has 1 fully saturated rings. The molecule has 0 spiro atoms. The second-order valence-corrected chi connectivity index (χ2v) is 5.18. The lowest BCUT2D eigenvalue weighted by Gasteiger charge is -2.21. The fraction of sp³-hybridized carbons (Fsp3) is 0.429. The quantitative estimate of drug-likeness (QED) is 0.816. The zero-order valence-corrected chi connectivity index (χ0v) is 10.8. The molecule has 2 aliphatic rings. The number of carbonyl (C=O) groups excluding carboxylic acids is 1. The fourth-order valence-electron chi connectivity index (χ4n) is 2.74. The van der Waals surface area contributed by atoms with Gasteiger partial charge in [-0.2, -0.15) is 0 Å². The Morgan fingerprint density at radius 1 is 1.25 bits per heavy atom. The highest BCUT2D eigenvalue weighted by Crippen LogP contribution is 2.24. The maximum absolute atomic E-state index is 12.4. The molecule has 2 heterocycles. The van der Waals surface area contributed by atoms with Crippen molar-refractivity contribution >= 4 is 11.9 Å². The molecule has 20 heavy (non-hydrogen) atoms. The van der Waals surface area contributed by atoms with Crippen LogP contribution >= 0.6 is 0 Å². The Morgan fingerprint density at radius 2 is 2.00 bits per heavy atom. The van der Waals surface area contributed by atoms with Crippen molar-refractivity contribution in [2.75, 3.05) is 6.54 Å². The number of hydrogen-bond acceptors (Lipinski definition) is 4. The van der Waals surface area contributed by atoms with Gasteiger partial charge in [0.15, 0.2) is 0 Å². The topological polar surface area (TPSA) is 87.1 Å². The van der Waals surface area contributed by atoms with E-state index in [1.807, 2.05) is 6.07 Å². The lowest BCUT2D eigenvalue weighted by atomic mass is 10.1. The molecule has 1 aromatic rings. The first-order valence-corrected chi connectivity index (χ1v) is 6.47.